The van der Waals surface area contributed by atoms with Gasteiger partial charge in [0.2, 0.25) is 5.91 Å². The van der Waals surface area contributed by atoms with E-state index in [-0.39, 0.29) is 0 Å². The van der Waals surface area contributed by atoms with Crippen molar-refractivity contribution in [2.24, 2.45) is 35.0 Å². The summed E-state index contributed by atoms with van der Waals surface area (Å²) in [6.07, 6.45) is 10.4. The van der Waals surface area contributed by atoms with Gasteiger partial charge in [0.15, 0.2) is 0 Å². The highest BCUT2D eigenvalue weighted by atomic mass is 35.5. The monoisotopic (exact) mass is 295 g/mol. The minimum atomic E-state index is 0.342. The highest BCUT2D eigenvalue weighted by Gasteiger charge is 2.51. The predicted octanol–water partition coefficient (Wildman–Crippen LogP) is 3.58. The third kappa shape index (κ3) is 2.28. The molecule has 0 radical (unpaired) electrons. The van der Waals surface area contributed by atoms with Crippen molar-refractivity contribution in [2.45, 2.75) is 51.4 Å². The molecule has 2 nitrogen and oxygen atoms in total. The van der Waals surface area contributed by atoms with Crippen molar-refractivity contribution < 1.29 is 4.79 Å². The van der Waals surface area contributed by atoms with E-state index in [4.69, 9.17) is 11.6 Å². The minimum absolute atomic E-state index is 0.342. The molecule has 5 fully saturated rings. The molecule has 0 atom stereocenters. The van der Waals surface area contributed by atoms with Crippen LogP contribution in [0.2, 0.25) is 0 Å². The Balaban J connectivity index is 1.37. The first-order valence-electron chi connectivity index (χ1n) is 8.53. The molecule has 0 aliphatic heterocycles. The number of carbonyl (C=O) groups is 1. The van der Waals surface area contributed by atoms with Crippen LogP contribution in [0, 0.1) is 35.0 Å². The molecule has 0 unspecified atom stereocenters. The fraction of sp³-hybridized carbons (Fsp3) is 0.941. The number of hydrogen-bond acceptors (Lipinski definition) is 1. The Morgan fingerprint density at radius 2 is 1.65 bits per heavy atom. The predicted molar refractivity (Wildman–Crippen MR) is 80.5 cm³/mol. The van der Waals surface area contributed by atoms with E-state index in [1.807, 2.05) is 0 Å². The van der Waals surface area contributed by atoms with Gasteiger partial charge >= 0.3 is 0 Å². The highest BCUT2D eigenvalue weighted by molar-refractivity contribution is 6.17. The van der Waals surface area contributed by atoms with E-state index in [0.717, 1.165) is 30.7 Å². The lowest BCUT2D eigenvalue weighted by molar-refractivity contribution is -0.138. The Hall–Kier alpha value is -0.240. The molecule has 0 saturated heterocycles. The molecule has 0 aromatic heterocycles. The Bertz CT molecular complexity index is 376. The third-order valence-electron chi connectivity index (χ3n) is 6.75. The second-order valence-corrected chi connectivity index (χ2v) is 8.49. The summed E-state index contributed by atoms with van der Waals surface area (Å²) in [5.74, 6) is 4.76. The molecular formula is C17H26ClNO. The molecule has 4 bridgehead atoms. The summed E-state index contributed by atoms with van der Waals surface area (Å²) in [5.41, 5.74) is 0.364. The first-order chi connectivity index (χ1) is 9.69. The summed E-state index contributed by atoms with van der Waals surface area (Å²) in [6, 6.07) is 0. The zero-order valence-corrected chi connectivity index (χ0v) is 13.0. The average molecular weight is 296 g/mol. The molecule has 5 saturated carbocycles. The summed E-state index contributed by atoms with van der Waals surface area (Å²) in [7, 11) is 0. The maximum Gasteiger partial charge on any atom is 0.223 e. The Morgan fingerprint density at radius 3 is 2.15 bits per heavy atom. The maximum absolute atomic E-state index is 12.7. The van der Waals surface area contributed by atoms with E-state index < -0.39 is 0 Å². The summed E-state index contributed by atoms with van der Waals surface area (Å²) < 4.78 is 0. The summed E-state index contributed by atoms with van der Waals surface area (Å²) in [6.45, 7) is 0.876. The molecule has 5 aliphatic carbocycles. The minimum Gasteiger partial charge on any atom is -0.355 e. The van der Waals surface area contributed by atoms with E-state index in [0.29, 0.717) is 29.1 Å². The van der Waals surface area contributed by atoms with E-state index >= 15 is 0 Å². The topological polar surface area (TPSA) is 29.1 Å². The fourth-order valence-corrected chi connectivity index (χ4v) is 6.04. The molecule has 0 aromatic carbocycles. The van der Waals surface area contributed by atoms with Crippen LogP contribution in [-0.2, 0) is 4.79 Å². The number of alkyl halides is 1. The van der Waals surface area contributed by atoms with Gasteiger partial charge in [0.1, 0.15) is 0 Å². The molecule has 3 heteroatoms. The van der Waals surface area contributed by atoms with Gasteiger partial charge in [0.05, 0.1) is 0 Å². The molecule has 5 rings (SSSR count). The van der Waals surface area contributed by atoms with E-state index in [2.05, 4.69) is 5.32 Å². The largest absolute Gasteiger partial charge is 0.355 e. The number of carbonyl (C=O) groups excluding carboxylic acids is 1. The summed E-state index contributed by atoms with van der Waals surface area (Å²) in [4.78, 5) is 12.7. The lowest BCUT2D eigenvalue weighted by atomic mass is 9.51. The van der Waals surface area contributed by atoms with Crippen LogP contribution in [-0.4, -0.2) is 18.3 Å². The van der Waals surface area contributed by atoms with Crippen LogP contribution in [0.3, 0.4) is 0 Å². The Labute approximate surface area is 127 Å². The van der Waals surface area contributed by atoms with Gasteiger partial charge < -0.3 is 5.32 Å². The zero-order valence-electron chi connectivity index (χ0n) is 12.2. The van der Waals surface area contributed by atoms with Gasteiger partial charge in [0, 0.05) is 18.3 Å². The number of halogens is 1. The molecule has 0 aromatic rings. The van der Waals surface area contributed by atoms with E-state index in [1.165, 1.54) is 44.9 Å². The Morgan fingerprint density at radius 1 is 1.05 bits per heavy atom. The van der Waals surface area contributed by atoms with Crippen LogP contribution in [0.1, 0.15) is 51.4 Å². The van der Waals surface area contributed by atoms with Gasteiger partial charge in [-0.1, -0.05) is 0 Å². The molecule has 1 amide bonds. The molecule has 0 heterocycles. The van der Waals surface area contributed by atoms with Crippen LogP contribution in [0.15, 0.2) is 0 Å². The smallest absolute Gasteiger partial charge is 0.223 e. The van der Waals surface area contributed by atoms with Gasteiger partial charge in [-0.05, 0) is 80.5 Å². The third-order valence-corrected chi connectivity index (χ3v) is 6.94. The second-order valence-electron chi connectivity index (χ2n) is 8.11. The van der Waals surface area contributed by atoms with Gasteiger partial charge in [-0.25, -0.2) is 0 Å². The SMILES string of the molecule is O=C(NCC1(CCCl)CC1)C1C2CC3CC(C2)CC1C3. The average Bonchev–Trinajstić information content (AvgIpc) is 3.16. The molecule has 5 aliphatic rings. The number of rotatable bonds is 5. The molecule has 20 heavy (non-hydrogen) atoms. The van der Waals surface area contributed by atoms with Gasteiger partial charge in [0.25, 0.3) is 0 Å². The van der Waals surface area contributed by atoms with E-state index in [9.17, 15) is 4.79 Å². The number of nitrogens with one attached hydrogen (secondary N) is 1. The lowest BCUT2D eigenvalue weighted by Gasteiger charge is -2.53. The van der Waals surface area contributed by atoms with Gasteiger partial charge in [-0.2, -0.15) is 0 Å². The van der Waals surface area contributed by atoms with Crippen molar-refractivity contribution in [2.75, 3.05) is 12.4 Å². The fourth-order valence-electron chi connectivity index (χ4n) is 5.64. The van der Waals surface area contributed by atoms with Crippen LogP contribution in [0.25, 0.3) is 0 Å². The van der Waals surface area contributed by atoms with Gasteiger partial charge in [-0.15, -0.1) is 11.6 Å². The Kier molecular flexibility index (Phi) is 3.29. The lowest BCUT2D eigenvalue weighted by Crippen LogP contribution is -2.51. The first kappa shape index (κ1) is 13.4. The van der Waals surface area contributed by atoms with Crippen LogP contribution >= 0.6 is 11.6 Å². The van der Waals surface area contributed by atoms with Crippen LogP contribution < -0.4 is 5.32 Å². The zero-order chi connectivity index (χ0) is 13.7. The maximum atomic E-state index is 12.7. The quantitative estimate of drug-likeness (QED) is 0.772. The standard InChI is InChI=1S/C17H26ClNO/c18-4-3-17(1-2-17)10-19-16(20)15-13-6-11-5-12(8-13)9-14(15)7-11/h11-15H,1-10H2,(H,19,20). The normalized spacial score (nSPS) is 43.5. The highest BCUT2D eigenvalue weighted by Crippen LogP contribution is 2.56. The number of hydrogen-bond donors (Lipinski definition) is 1. The molecule has 112 valence electrons. The van der Waals surface area contributed by atoms with Crippen molar-refractivity contribution >= 4 is 17.5 Å². The molecule has 0 spiro atoms. The molecular weight excluding hydrogens is 270 g/mol. The van der Waals surface area contributed by atoms with Gasteiger partial charge in [-0.3, -0.25) is 4.79 Å². The molecule has 1 N–H and O–H groups in total. The van der Waals surface area contributed by atoms with Crippen LogP contribution in [0.4, 0.5) is 0 Å². The van der Waals surface area contributed by atoms with Crippen molar-refractivity contribution in [3.05, 3.63) is 0 Å². The van der Waals surface area contributed by atoms with Crippen molar-refractivity contribution in [1.29, 1.82) is 0 Å². The summed E-state index contributed by atoms with van der Waals surface area (Å²) in [5, 5.41) is 3.30. The number of amides is 1. The van der Waals surface area contributed by atoms with Crippen LogP contribution in [0.5, 0.6) is 0 Å². The van der Waals surface area contributed by atoms with E-state index in [1.54, 1.807) is 0 Å². The first-order valence-corrected chi connectivity index (χ1v) is 9.06. The second kappa shape index (κ2) is 4.90. The van der Waals surface area contributed by atoms with Crippen molar-refractivity contribution in [1.82, 2.24) is 5.32 Å². The van der Waals surface area contributed by atoms with Crippen molar-refractivity contribution in [3.8, 4) is 0 Å². The van der Waals surface area contributed by atoms with Crippen molar-refractivity contribution in [3.63, 3.8) is 0 Å². The summed E-state index contributed by atoms with van der Waals surface area (Å²) >= 11 is 5.88.